The zero-order chi connectivity index (χ0) is 24.0. The molecule has 0 aliphatic heterocycles. The fourth-order valence-electron chi connectivity index (χ4n) is 6.62. The highest BCUT2D eigenvalue weighted by molar-refractivity contribution is 5.82. The molecule has 2 aromatic heterocycles. The van der Waals surface area contributed by atoms with Crippen LogP contribution in [0.15, 0.2) is 61.1 Å². The van der Waals surface area contributed by atoms with Gasteiger partial charge < -0.3 is 5.11 Å². The minimum absolute atomic E-state index is 0.110. The van der Waals surface area contributed by atoms with E-state index in [-0.39, 0.29) is 11.2 Å². The topological polar surface area (TPSA) is 63.8 Å². The van der Waals surface area contributed by atoms with Crippen LogP contribution in [0.4, 0.5) is 4.39 Å². The molecule has 1 N–H and O–H groups in total. The SMILES string of the molecule is CC[C@]1(O)CC[C@]2(Cc3ncccn3)c3cc4cnn(-c5ccc(F)cc5)c4cc3CCC[C@@H]2C1. The predicted molar refractivity (Wildman–Crippen MR) is 134 cm³/mol. The summed E-state index contributed by atoms with van der Waals surface area (Å²) in [6.45, 7) is 2.10. The summed E-state index contributed by atoms with van der Waals surface area (Å²) in [4.78, 5) is 9.22. The van der Waals surface area contributed by atoms with E-state index in [1.54, 1.807) is 12.1 Å². The zero-order valence-corrected chi connectivity index (χ0v) is 20.1. The van der Waals surface area contributed by atoms with Gasteiger partial charge in [-0.3, -0.25) is 0 Å². The lowest BCUT2D eigenvalue weighted by molar-refractivity contribution is -0.0501. The maximum absolute atomic E-state index is 13.5. The third kappa shape index (κ3) is 3.84. The number of aliphatic hydroxyl groups is 1. The van der Waals surface area contributed by atoms with Crippen molar-refractivity contribution in [3.63, 3.8) is 0 Å². The summed E-state index contributed by atoms with van der Waals surface area (Å²) in [6, 6.07) is 13.0. The summed E-state index contributed by atoms with van der Waals surface area (Å²) in [6.07, 6.45) is 12.8. The van der Waals surface area contributed by atoms with Crippen molar-refractivity contribution in [1.82, 2.24) is 19.7 Å². The molecule has 2 heterocycles. The molecular weight excluding hydrogens is 439 g/mol. The third-order valence-corrected chi connectivity index (χ3v) is 8.59. The first kappa shape index (κ1) is 22.4. The molecule has 2 aromatic carbocycles. The van der Waals surface area contributed by atoms with Crippen molar-refractivity contribution >= 4 is 10.9 Å². The minimum Gasteiger partial charge on any atom is -0.390 e. The van der Waals surface area contributed by atoms with Crippen LogP contribution in [-0.4, -0.2) is 30.5 Å². The molecule has 35 heavy (non-hydrogen) atoms. The normalized spacial score (nSPS) is 26.2. The van der Waals surface area contributed by atoms with E-state index in [4.69, 9.17) is 0 Å². The summed E-state index contributed by atoms with van der Waals surface area (Å²) in [5, 5.41) is 17.0. The second-order valence-corrected chi connectivity index (χ2v) is 10.5. The minimum atomic E-state index is -0.590. The molecule has 0 amide bonds. The molecule has 2 aliphatic carbocycles. The van der Waals surface area contributed by atoms with Crippen LogP contribution < -0.4 is 0 Å². The Bertz CT molecular complexity index is 1350. The van der Waals surface area contributed by atoms with E-state index in [1.807, 2.05) is 29.3 Å². The number of aryl methyl sites for hydroxylation is 1. The molecule has 0 unspecified atom stereocenters. The fourth-order valence-corrected chi connectivity index (χ4v) is 6.62. The molecule has 0 radical (unpaired) electrons. The van der Waals surface area contributed by atoms with Gasteiger partial charge in [0.05, 0.1) is 23.0 Å². The molecule has 0 spiro atoms. The summed E-state index contributed by atoms with van der Waals surface area (Å²) < 4.78 is 15.4. The number of hydrogen-bond acceptors (Lipinski definition) is 4. The molecule has 2 aliphatic rings. The van der Waals surface area contributed by atoms with Crippen LogP contribution in [0.5, 0.6) is 0 Å². The van der Waals surface area contributed by atoms with Gasteiger partial charge in [0.1, 0.15) is 11.6 Å². The lowest BCUT2D eigenvalue weighted by Gasteiger charge is -2.50. The van der Waals surface area contributed by atoms with Gasteiger partial charge in [0.2, 0.25) is 0 Å². The number of aromatic nitrogens is 4. The van der Waals surface area contributed by atoms with Crippen LogP contribution in [0.25, 0.3) is 16.6 Å². The highest BCUT2D eigenvalue weighted by Gasteiger charge is 2.50. The first-order valence-electron chi connectivity index (χ1n) is 12.8. The van der Waals surface area contributed by atoms with E-state index in [2.05, 4.69) is 34.1 Å². The van der Waals surface area contributed by atoms with Gasteiger partial charge in [0, 0.05) is 29.6 Å². The smallest absolute Gasteiger partial charge is 0.129 e. The second kappa shape index (κ2) is 8.52. The zero-order valence-electron chi connectivity index (χ0n) is 20.1. The van der Waals surface area contributed by atoms with Gasteiger partial charge in [0.25, 0.3) is 0 Å². The Labute approximate surface area is 205 Å². The number of benzene rings is 2. The van der Waals surface area contributed by atoms with Gasteiger partial charge in [-0.15, -0.1) is 0 Å². The highest BCUT2D eigenvalue weighted by atomic mass is 19.1. The van der Waals surface area contributed by atoms with Crippen molar-refractivity contribution in [2.45, 2.75) is 69.3 Å². The van der Waals surface area contributed by atoms with E-state index in [0.717, 1.165) is 73.8 Å². The third-order valence-electron chi connectivity index (χ3n) is 8.59. The first-order valence-corrected chi connectivity index (χ1v) is 12.8. The van der Waals surface area contributed by atoms with Crippen molar-refractivity contribution in [2.75, 3.05) is 0 Å². The van der Waals surface area contributed by atoms with Crippen LogP contribution in [0.3, 0.4) is 0 Å². The Hall–Kier alpha value is -3.12. The summed E-state index contributed by atoms with van der Waals surface area (Å²) in [7, 11) is 0. The molecule has 0 saturated heterocycles. The van der Waals surface area contributed by atoms with Crippen molar-refractivity contribution in [3.8, 4) is 5.69 Å². The number of rotatable bonds is 4. The van der Waals surface area contributed by atoms with Gasteiger partial charge in [-0.25, -0.2) is 19.0 Å². The number of fused-ring (bicyclic) bond motifs is 4. The Morgan fingerprint density at radius 1 is 1.11 bits per heavy atom. The average Bonchev–Trinajstić information content (AvgIpc) is 3.23. The predicted octanol–water partition coefficient (Wildman–Crippen LogP) is 5.71. The molecule has 180 valence electrons. The van der Waals surface area contributed by atoms with Gasteiger partial charge >= 0.3 is 0 Å². The summed E-state index contributed by atoms with van der Waals surface area (Å²) in [5.41, 5.74) is 3.92. The van der Waals surface area contributed by atoms with Crippen LogP contribution >= 0.6 is 0 Å². The standard InChI is InChI=1S/C29H31FN4O/c1-2-28(35)11-12-29(18-27-31-13-4-14-32-27)22(17-28)6-3-5-20-16-26-21(15-25(20)29)19-33-34(26)24-9-7-23(30)8-10-24/h4,7-10,13-16,19,22,35H,2-3,5-6,11-12,17-18H2,1H3/t22-,28+,29-/m1/s1. The van der Waals surface area contributed by atoms with E-state index in [0.29, 0.717) is 5.92 Å². The van der Waals surface area contributed by atoms with Gasteiger partial charge in [-0.2, -0.15) is 5.10 Å². The molecule has 0 bridgehead atoms. The molecule has 5 nitrogen and oxygen atoms in total. The Balaban J connectivity index is 1.51. The van der Waals surface area contributed by atoms with E-state index in [1.165, 1.54) is 23.3 Å². The van der Waals surface area contributed by atoms with Crippen molar-refractivity contribution < 1.29 is 9.50 Å². The lowest BCUT2D eigenvalue weighted by atomic mass is 9.56. The summed E-state index contributed by atoms with van der Waals surface area (Å²) in [5.74, 6) is 0.991. The molecule has 1 saturated carbocycles. The highest BCUT2D eigenvalue weighted by Crippen LogP contribution is 2.54. The molecule has 6 heteroatoms. The number of hydrogen-bond donors (Lipinski definition) is 1. The Kier molecular flexibility index (Phi) is 5.44. The molecule has 4 aromatic rings. The van der Waals surface area contributed by atoms with Crippen molar-refractivity contribution in [3.05, 3.63) is 83.8 Å². The largest absolute Gasteiger partial charge is 0.390 e. The monoisotopic (exact) mass is 470 g/mol. The maximum atomic E-state index is 13.5. The van der Waals surface area contributed by atoms with Gasteiger partial charge in [0.15, 0.2) is 0 Å². The number of halogens is 1. The Morgan fingerprint density at radius 3 is 2.69 bits per heavy atom. The van der Waals surface area contributed by atoms with E-state index >= 15 is 0 Å². The summed E-state index contributed by atoms with van der Waals surface area (Å²) >= 11 is 0. The van der Waals surface area contributed by atoms with Crippen molar-refractivity contribution in [1.29, 1.82) is 0 Å². The molecule has 1 fully saturated rings. The second-order valence-electron chi connectivity index (χ2n) is 10.5. The number of nitrogens with zero attached hydrogens (tertiary/aromatic N) is 4. The Morgan fingerprint density at radius 2 is 1.91 bits per heavy atom. The molecule has 6 rings (SSSR count). The first-order chi connectivity index (χ1) is 17.0. The molecular formula is C29H31FN4O. The lowest BCUT2D eigenvalue weighted by Crippen LogP contribution is -2.49. The van der Waals surface area contributed by atoms with Gasteiger partial charge in [-0.1, -0.05) is 6.92 Å². The fraction of sp³-hybridized carbons (Fsp3) is 0.414. The van der Waals surface area contributed by atoms with Crippen LogP contribution in [0, 0.1) is 11.7 Å². The van der Waals surface area contributed by atoms with E-state index < -0.39 is 5.60 Å². The van der Waals surface area contributed by atoms with Crippen LogP contribution in [0.1, 0.15) is 62.4 Å². The van der Waals surface area contributed by atoms with Crippen molar-refractivity contribution in [2.24, 2.45) is 5.92 Å². The average molecular weight is 471 g/mol. The van der Waals surface area contributed by atoms with E-state index in [9.17, 15) is 9.50 Å². The quantitative estimate of drug-likeness (QED) is 0.415. The maximum Gasteiger partial charge on any atom is 0.129 e. The van der Waals surface area contributed by atoms with Gasteiger partial charge in [-0.05, 0) is 104 Å². The van der Waals surface area contributed by atoms with Crippen LogP contribution in [-0.2, 0) is 18.3 Å². The molecule has 3 atom stereocenters. The van der Waals surface area contributed by atoms with Crippen LogP contribution in [0.2, 0.25) is 0 Å².